The maximum absolute atomic E-state index is 13.0. The van der Waals surface area contributed by atoms with Gasteiger partial charge in [0.15, 0.2) is 0 Å². The van der Waals surface area contributed by atoms with E-state index in [1.54, 1.807) is 17.0 Å². The number of sulfonamides is 1. The molecule has 2 N–H and O–H groups in total. The fourth-order valence-corrected chi connectivity index (χ4v) is 5.62. The van der Waals surface area contributed by atoms with E-state index < -0.39 is 16.1 Å². The molecule has 9 nitrogen and oxygen atoms in total. The number of carbonyl (C=O) groups is 1. The van der Waals surface area contributed by atoms with E-state index in [0.717, 1.165) is 65.7 Å². The fraction of sp³-hybridized carbons (Fsp3) is 0.346. The SMILES string of the molecule is C=Cc1c(-c2ccc3c(c2NC(=O)NS(=O)(=O)c2cnn(CC4CC4)c2)CCC3)ccnc1N(C)C. The summed E-state index contributed by atoms with van der Waals surface area (Å²) < 4.78 is 29.6. The Bertz CT molecular complexity index is 1440. The third kappa shape index (κ3) is 4.73. The smallest absolute Gasteiger partial charge is 0.333 e. The van der Waals surface area contributed by atoms with Gasteiger partial charge in [0.25, 0.3) is 10.0 Å². The van der Waals surface area contributed by atoms with Gasteiger partial charge >= 0.3 is 6.03 Å². The Morgan fingerprint density at radius 2 is 2.03 bits per heavy atom. The molecule has 2 amide bonds. The second-order valence-corrected chi connectivity index (χ2v) is 11.3. The Hall–Kier alpha value is -3.66. The molecule has 2 aromatic heterocycles. The van der Waals surface area contributed by atoms with Gasteiger partial charge < -0.3 is 10.2 Å². The van der Waals surface area contributed by atoms with Gasteiger partial charge in [-0.05, 0) is 60.8 Å². The van der Waals surface area contributed by atoms with Crippen LogP contribution in [0.5, 0.6) is 0 Å². The van der Waals surface area contributed by atoms with Crippen LogP contribution in [0.15, 0.2) is 48.3 Å². The molecule has 2 aliphatic rings. The minimum Gasteiger partial charge on any atom is -0.362 e. The topological polar surface area (TPSA) is 109 Å². The molecule has 188 valence electrons. The van der Waals surface area contributed by atoms with Gasteiger partial charge in [-0.3, -0.25) is 4.68 Å². The summed E-state index contributed by atoms with van der Waals surface area (Å²) in [6, 6.07) is 5.12. The van der Waals surface area contributed by atoms with E-state index in [4.69, 9.17) is 0 Å². The molecular formula is C26H30N6O3S. The number of anilines is 2. The number of nitrogens with one attached hydrogen (secondary N) is 2. The summed E-state index contributed by atoms with van der Waals surface area (Å²) >= 11 is 0. The molecule has 36 heavy (non-hydrogen) atoms. The first-order valence-electron chi connectivity index (χ1n) is 12.1. The molecule has 1 aromatic carbocycles. The maximum Gasteiger partial charge on any atom is 0.333 e. The molecule has 0 radical (unpaired) electrons. The molecule has 1 saturated carbocycles. The number of hydrogen-bond donors (Lipinski definition) is 2. The first-order chi connectivity index (χ1) is 17.3. The predicted octanol–water partition coefficient (Wildman–Crippen LogP) is 4.06. The van der Waals surface area contributed by atoms with Crippen molar-refractivity contribution in [3.8, 4) is 11.1 Å². The third-order valence-corrected chi connectivity index (χ3v) is 7.98. The van der Waals surface area contributed by atoms with Crippen molar-refractivity contribution in [2.45, 2.75) is 43.5 Å². The van der Waals surface area contributed by atoms with Gasteiger partial charge in [-0.15, -0.1) is 0 Å². The van der Waals surface area contributed by atoms with E-state index in [0.29, 0.717) is 18.2 Å². The Labute approximate surface area is 211 Å². The van der Waals surface area contributed by atoms with Crippen LogP contribution in [0.1, 0.15) is 36.0 Å². The van der Waals surface area contributed by atoms with Crippen molar-refractivity contribution in [1.29, 1.82) is 0 Å². The molecule has 10 heteroatoms. The highest BCUT2D eigenvalue weighted by Crippen LogP contribution is 2.40. The number of nitrogens with zero attached hydrogens (tertiary/aromatic N) is 4. The average Bonchev–Trinajstić information content (AvgIpc) is 3.29. The summed E-state index contributed by atoms with van der Waals surface area (Å²) in [5.74, 6) is 1.31. The molecule has 1 fully saturated rings. The summed E-state index contributed by atoms with van der Waals surface area (Å²) in [7, 11) is -0.257. The Balaban J connectivity index is 1.46. The van der Waals surface area contributed by atoms with Crippen molar-refractivity contribution in [2.24, 2.45) is 5.92 Å². The predicted molar refractivity (Wildman–Crippen MR) is 140 cm³/mol. The lowest BCUT2D eigenvalue weighted by Crippen LogP contribution is -2.34. The first kappa shape index (κ1) is 24.1. The van der Waals surface area contributed by atoms with Crippen LogP contribution in [0.3, 0.4) is 0 Å². The summed E-state index contributed by atoms with van der Waals surface area (Å²) in [6.45, 7) is 4.66. The average molecular weight is 507 g/mol. The molecule has 3 aromatic rings. The van der Waals surface area contributed by atoms with Gasteiger partial charge in [-0.25, -0.2) is 22.9 Å². The van der Waals surface area contributed by atoms with Gasteiger partial charge in [0.05, 0.1) is 11.9 Å². The van der Waals surface area contributed by atoms with E-state index in [-0.39, 0.29) is 4.90 Å². The molecule has 5 rings (SSSR count). The number of aryl methyl sites for hydroxylation is 1. The van der Waals surface area contributed by atoms with E-state index in [1.165, 1.54) is 12.4 Å². The summed E-state index contributed by atoms with van der Waals surface area (Å²) in [6.07, 6.45) is 11.2. The summed E-state index contributed by atoms with van der Waals surface area (Å²) in [4.78, 5) is 19.4. The van der Waals surface area contributed by atoms with Crippen molar-refractivity contribution in [1.82, 2.24) is 19.5 Å². The van der Waals surface area contributed by atoms with Crippen LogP contribution in [0.25, 0.3) is 17.2 Å². The largest absolute Gasteiger partial charge is 0.362 e. The first-order valence-corrected chi connectivity index (χ1v) is 13.6. The van der Waals surface area contributed by atoms with Crippen LogP contribution in [0.2, 0.25) is 0 Å². The van der Waals surface area contributed by atoms with Crippen LogP contribution in [0, 0.1) is 5.92 Å². The molecule has 0 unspecified atom stereocenters. The van der Waals surface area contributed by atoms with Crippen molar-refractivity contribution < 1.29 is 13.2 Å². The molecule has 0 aliphatic heterocycles. The van der Waals surface area contributed by atoms with Crippen LogP contribution in [0.4, 0.5) is 16.3 Å². The lowest BCUT2D eigenvalue weighted by atomic mass is 9.94. The zero-order chi connectivity index (χ0) is 25.4. The maximum atomic E-state index is 13.0. The number of carbonyl (C=O) groups excluding carboxylic acids is 1. The third-order valence-electron chi connectivity index (χ3n) is 6.70. The highest BCUT2D eigenvalue weighted by Gasteiger charge is 2.26. The number of rotatable bonds is 8. The Kier molecular flexibility index (Phi) is 6.29. The van der Waals surface area contributed by atoms with E-state index >= 15 is 0 Å². The van der Waals surface area contributed by atoms with Gasteiger partial charge in [-0.1, -0.05) is 24.8 Å². The summed E-state index contributed by atoms with van der Waals surface area (Å²) in [5, 5.41) is 7.00. The zero-order valence-electron chi connectivity index (χ0n) is 20.5. The lowest BCUT2D eigenvalue weighted by molar-refractivity contribution is 0.256. The van der Waals surface area contributed by atoms with Crippen molar-refractivity contribution >= 4 is 33.6 Å². The van der Waals surface area contributed by atoms with Crippen LogP contribution < -0.4 is 14.9 Å². The van der Waals surface area contributed by atoms with E-state index in [1.807, 2.05) is 31.1 Å². The minimum absolute atomic E-state index is 0.0319. The monoisotopic (exact) mass is 506 g/mol. The van der Waals surface area contributed by atoms with E-state index in [2.05, 4.69) is 32.8 Å². The zero-order valence-corrected chi connectivity index (χ0v) is 21.3. The number of benzene rings is 1. The second kappa shape index (κ2) is 9.42. The van der Waals surface area contributed by atoms with Crippen LogP contribution in [-0.4, -0.2) is 43.3 Å². The van der Waals surface area contributed by atoms with Crippen molar-refractivity contribution in [2.75, 3.05) is 24.3 Å². The number of urea groups is 1. The quantitative estimate of drug-likeness (QED) is 0.477. The Morgan fingerprint density at radius 1 is 1.22 bits per heavy atom. The highest BCUT2D eigenvalue weighted by atomic mass is 32.2. The molecule has 0 atom stereocenters. The standard InChI is InChI=1S/C26H30N6O3S/c1-4-20-22(12-13-27-25(20)31(2)3)23-11-10-18-6-5-7-21(18)24(23)29-26(33)30-36(34,35)19-14-28-32(16-19)15-17-8-9-17/h4,10-14,16-17H,1,5-9,15H2,2-3H3,(H2,29,30,33). The number of hydrogen-bond acceptors (Lipinski definition) is 6. The molecular weight excluding hydrogens is 476 g/mol. The van der Waals surface area contributed by atoms with Gasteiger partial charge in [0.1, 0.15) is 10.7 Å². The Morgan fingerprint density at radius 3 is 2.75 bits per heavy atom. The molecule has 2 heterocycles. The molecule has 0 bridgehead atoms. The molecule has 0 spiro atoms. The highest BCUT2D eigenvalue weighted by molar-refractivity contribution is 7.90. The van der Waals surface area contributed by atoms with Crippen molar-refractivity contribution in [3.63, 3.8) is 0 Å². The normalized spacial score (nSPS) is 14.8. The summed E-state index contributed by atoms with van der Waals surface area (Å²) in [5.41, 5.74) is 5.27. The van der Waals surface area contributed by atoms with Gasteiger partial charge in [0.2, 0.25) is 0 Å². The van der Waals surface area contributed by atoms with Gasteiger partial charge in [0, 0.05) is 44.2 Å². The number of pyridine rings is 1. The second-order valence-electron chi connectivity index (χ2n) is 9.57. The van der Waals surface area contributed by atoms with Crippen LogP contribution in [-0.2, 0) is 29.4 Å². The minimum atomic E-state index is -4.07. The fourth-order valence-electron chi connectivity index (χ4n) is 4.76. The number of fused-ring (bicyclic) bond motifs is 1. The van der Waals surface area contributed by atoms with Crippen LogP contribution >= 0.6 is 0 Å². The number of aromatic nitrogens is 3. The molecule has 2 aliphatic carbocycles. The van der Waals surface area contributed by atoms with Gasteiger partial charge in [-0.2, -0.15) is 5.10 Å². The number of amides is 2. The lowest BCUT2D eigenvalue weighted by Gasteiger charge is -2.21. The van der Waals surface area contributed by atoms with Crippen molar-refractivity contribution in [3.05, 3.63) is 60.1 Å². The van der Waals surface area contributed by atoms with E-state index in [9.17, 15) is 13.2 Å². The molecule has 0 saturated heterocycles.